The largest absolute Gasteiger partial charge is 0.471 e. The van der Waals surface area contributed by atoms with E-state index in [0.29, 0.717) is 29.6 Å². The van der Waals surface area contributed by atoms with Gasteiger partial charge in [-0.2, -0.15) is 0 Å². The molecule has 5 nitrogen and oxygen atoms in total. The number of benzene rings is 1. The summed E-state index contributed by atoms with van der Waals surface area (Å²) in [5, 5.41) is 0. The predicted molar refractivity (Wildman–Crippen MR) is 142 cm³/mol. The van der Waals surface area contributed by atoms with E-state index in [1.54, 1.807) is 29.3 Å². The van der Waals surface area contributed by atoms with Gasteiger partial charge < -0.3 is 9.64 Å². The van der Waals surface area contributed by atoms with Gasteiger partial charge in [-0.15, -0.1) is 0 Å². The lowest BCUT2D eigenvalue weighted by atomic mass is 9.81. The molecule has 6 heteroatoms. The number of fused-ring (bicyclic) bond motifs is 2. The summed E-state index contributed by atoms with van der Waals surface area (Å²) in [5.74, 6) is 0.248. The molecule has 0 radical (unpaired) electrons. The fourth-order valence-corrected chi connectivity index (χ4v) is 5.89. The lowest BCUT2D eigenvalue weighted by Gasteiger charge is -2.39. The third-order valence-electron chi connectivity index (χ3n) is 7.81. The van der Waals surface area contributed by atoms with Crippen molar-refractivity contribution in [3.05, 3.63) is 59.0 Å². The fraction of sp³-hybridized carbons (Fsp3) is 0.600. The minimum absolute atomic E-state index is 0.0373. The Kier molecular flexibility index (Phi) is 8.03. The van der Waals surface area contributed by atoms with Crippen molar-refractivity contribution in [1.82, 2.24) is 14.8 Å². The van der Waals surface area contributed by atoms with E-state index >= 15 is 0 Å². The Balaban J connectivity index is 1.63. The Hall–Kier alpha value is -2.47. The van der Waals surface area contributed by atoms with Gasteiger partial charge >= 0.3 is 0 Å². The minimum atomic E-state index is -0.304. The van der Waals surface area contributed by atoms with Crippen LogP contribution in [0.3, 0.4) is 0 Å². The van der Waals surface area contributed by atoms with Crippen molar-refractivity contribution in [2.75, 3.05) is 19.6 Å². The number of ether oxygens (including phenoxy) is 1. The molecular weight excluding hydrogens is 453 g/mol. The summed E-state index contributed by atoms with van der Waals surface area (Å²) in [7, 11) is 0. The first kappa shape index (κ1) is 26.6. The molecule has 2 atom stereocenters. The molecule has 1 saturated carbocycles. The molecule has 0 bridgehead atoms. The molecule has 0 N–H and O–H groups in total. The molecule has 1 amide bonds. The van der Waals surface area contributed by atoms with Gasteiger partial charge in [-0.3, -0.25) is 9.69 Å². The first-order chi connectivity index (χ1) is 17.2. The topological polar surface area (TPSA) is 45.7 Å². The van der Waals surface area contributed by atoms with Crippen molar-refractivity contribution in [2.45, 2.75) is 96.7 Å². The number of hydrogen-bond donors (Lipinski definition) is 0. The van der Waals surface area contributed by atoms with Crippen LogP contribution >= 0.6 is 0 Å². The van der Waals surface area contributed by atoms with E-state index in [9.17, 15) is 9.18 Å². The predicted octanol–water partition coefficient (Wildman–Crippen LogP) is 6.36. The molecule has 1 aliphatic carbocycles. The van der Waals surface area contributed by atoms with Crippen molar-refractivity contribution in [3.8, 4) is 5.88 Å². The van der Waals surface area contributed by atoms with Gasteiger partial charge in [0, 0.05) is 41.9 Å². The van der Waals surface area contributed by atoms with Crippen LogP contribution in [0.4, 0.5) is 4.39 Å². The average molecular weight is 496 g/mol. The Morgan fingerprint density at radius 2 is 1.83 bits per heavy atom. The second-order valence-corrected chi connectivity index (χ2v) is 11.1. The summed E-state index contributed by atoms with van der Waals surface area (Å²) < 4.78 is 20.6. The molecule has 2 heterocycles. The third kappa shape index (κ3) is 5.44. The smallest absolute Gasteiger partial charge is 0.255 e. The number of hydrogen-bond acceptors (Lipinski definition) is 4. The second kappa shape index (κ2) is 10.9. The minimum Gasteiger partial charge on any atom is -0.471 e. The number of halogens is 1. The van der Waals surface area contributed by atoms with Gasteiger partial charge in [-0.25, -0.2) is 9.37 Å². The average Bonchev–Trinajstić information content (AvgIpc) is 3.55. The van der Waals surface area contributed by atoms with E-state index < -0.39 is 0 Å². The maximum atomic E-state index is 14.3. The van der Waals surface area contributed by atoms with E-state index in [1.165, 1.54) is 31.7 Å². The number of carbonyl (C=O) groups excluding carboxylic acids is 1. The van der Waals surface area contributed by atoms with E-state index in [-0.39, 0.29) is 29.3 Å². The van der Waals surface area contributed by atoms with Crippen LogP contribution in [-0.4, -0.2) is 52.0 Å². The van der Waals surface area contributed by atoms with E-state index in [1.807, 2.05) is 13.0 Å². The van der Waals surface area contributed by atoms with Gasteiger partial charge in [-0.05, 0) is 71.7 Å². The SMILES string of the molecule is CCCCN(CCCC)C1CC12CC(C)(C)Oc1ncc(C(=O)N(CC)Cc3ccccc3F)cc12. The molecule has 196 valence electrons. The molecule has 2 aromatic rings. The molecule has 2 unspecified atom stereocenters. The summed E-state index contributed by atoms with van der Waals surface area (Å²) in [5.41, 5.74) is 1.79. The normalized spacial score (nSPS) is 21.8. The number of aromatic nitrogens is 1. The summed E-state index contributed by atoms with van der Waals surface area (Å²) in [6, 6.07) is 9.11. The highest BCUT2D eigenvalue weighted by atomic mass is 19.1. The third-order valence-corrected chi connectivity index (χ3v) is 7.81. The highest BCUT2D eigenvalue weighted by Crippen LogP contribution is 2.61. The highest BCUT2D eigenvalue weighted by Gasteiger charge is 2.63. The number of amides is 1. The van der Waals surface area contributed by atoms with E-state index in [2.05, 4.69) is 37.6 Å². The van der Waals surface area contributed by atoms with Gasteiger partial charge in [0.25, 0.3) is 5.91 Å². The number of carbonyl (C=O) groups is 1. The van der Waals surface area contributed by atoms with Gasteiger partial charge in [-0.1, -0.05) is 44.9 Å². The van der Waals surface area contributed by atoms with Crippen molar-refractivity contribution < 1.29 is 13.9 Å². The van der Waals surface area contributed by atoms with Crippen LogP contribution in [0.1, 0.15) is 94.6 Å². The van der Waals surface area contributed by atoms with Crippen molar-refractivity contribution >= 4 is 5.91 Å². The zero-order valence-corrected chi connectivity index (χ0v) is 22.6. The molecule has 2 aliphatic rings. The zero-order valence-electron chi connectivity index (χ0n) is 22.6. The lowest BCUT2D eigenvalue weighted by molar-refractivity contribution is 0.0533. The van der Waals surface area contributed by atoms with Gasteiger partial charge in [0.15, 0.2) is 0 Å². The Labute approximate surface area is 216 Å². The van der Waals surface area contributed by atoms with Crippen LogP contribution in [0.2, 0.25) is 0 Å². The standard InChI is InChI=1S/C30H42FN3O2/c1-6-9-15-34(16-10-7-2)26-18-30(26)21-29(4,5)36-27-24(30)17-23(19-32-27)28(35)33(8-3)20-22-13-11-12-14-25(22)31/h11-14,17,19,26H,6-10,15-16,18,20-21H2,1-5H3. The number of unbranched alkanes of at least 4 members (excludes halogenated alkanes) is 2. The molecule has 1 spiro atoms. The van der Waals surface area contributed by atoms with Gasteiger partial charge in [0.2, 0.25) is 5.88 Å². The van der Waals surface area contributed by atoms with Gasteiger partial charge in [0.1, 0.15) is 11.4 Å². The van der Waals surface area contributed by atoms with E-state index in [0.717, 1.165) is 31.5 Å². The monoisotopic (exact) mass is 495 g/mol. The summed E-state index contributed by atoms with van der Waals surface area (Å²) in [4.78, 5) is 22.6. The Morgan fingerprint density at radius 1 is 1.14 bits per heavy atom. The first-order valence-electron chi connectivity index (χ1n) is 13.7. The van der Waals surface area contributed by atoms with Crippen molar-refractivity contribution in [2.24, 2.45) is 0 Å². The van der Waals surface area contributed by atoms with Crippen LogP contribution < -0.4 is 4.74 Å². The number of pyridine rings is 1. The lowest BCUT2D eigenvalue weighted by Crippen LogP contribution is -2.43. The quantitative estimate of drug-likeness (QED) is 0.364. The first-order valence-corrected chi connectivity index (χ1v) is 13.7. The molecule has 1 aromatic heterocycles. The number of nitrogens with zero attached hydrogens (tertiary/aromatic N) is 3. The van der Waals surface area contributed by atoms with Crippen LogP contribution in [-0.2, 0) is 12.0 Å². The highest BCUT2D eigenvalue weighted by molar-refractivity contribution is 5.94. The summed E-state index contributed by atoms with van der Waals surface area (Å²) in [6.07, 6.45) is 8.38. The Morgan fingerprint density at radius 3 is 2.47 bits per heavy atom. The van der Waals surface area contributed by atoms with Gasteiger partial charge in [0.05, 0.1) is 5.56 Å². The van der Waals surface area contributed by atoms with Crippen LogP contribution in [0, 0.1) is 5.82 Å². The summed E-state index contributed by atoms with van der Waals surface area (Å²) >= 11 is 0. The van der Waals surface area contributed by atoms with Crippen LogP contribution in [0.15, 0.2) is 36.5 Å². The summed E-state index contributed by atoms with van der Waals surface area (Å²) in [6.45, 7) is 13.6. The number of rotatable bonds is 11. The Bertz CT molecular complexity index is 1060. The molecule has 4 rings (SSSR count). The van der Waals surface area contributed by atoms with Crippen LogP contribution in [0.5, 0.6) is 5.88 Å². The molecule has 0 saturated heterocycles. The molecule has 1 fully saturated rings. The van der Waals surface area contributed by atoms with Crippen LogP contribution in [0.25, 0.3) is 0 Å². The van der Waals surface area contributed by atoms with Crippen molar-refractivity contribution in [3.63, 3.8) is 0 Å². The second-order valence-electron chi connectivity index (χ2n) is 11.1. The zero-order chi connectivity index (χ0) is 25.9. The molecule has 1 aromatic carbocycles. The maximum Gasteiger partial charge on any atom is 0.255 e. The molecule has 1 aliphatic heterocycles. The van der Waals surface area contributed by atoms with E-state index in [4.69, 9.17) is 4.74 Å². The maximum absolute atomic E-state index is 14.3. The molecule has 36 heavy (non-hydrogen) atoms. The van der Waals surface area contributed by atoms with Crippen molar-refractivity contribution in [1.29, 1.82) is 0 Å². The molecular formula is C30H42FN3O2. The fourth-order valence-electron chi connectivity index (χ4n) is 5.89.